The average molecular weight is 280 g/mol. The van der Waals surface area contributed by atoms with Gasteiger partial charge in [-0.05, 0) is 24.3 Å². The Morgan fingerprint density at radius 1 is 1.16 bits per heavy atom. The molecule has 102 valence electrons. The van der Waals surface area contributed by atoms with Crippen LogP contribution >= 0.6 is 0 Å². The number of benzene rings is 1. The Morgan fingerprint density at radius 3 is 2.63 bits per heavy atom. The van der Waals surface area contributed by atoms with E-state index in [1.165, 1.54) is 0 Å². The van der Waals surface area contributed by atoms with Crippen molar-refractivity contribution < 1.29 is 12.8 Å². The zero-order valence-corrected chi connectivity index (χ0v) is 11.4. The number of furan rings is 1. The molecule has 0 spiro atoms. The molecule has 0 fully saturated rings. The molecule has 0 aliphatic heterocycles. The minimum Gasteiger partial charge on any atom is -0.469 e. The summed E-state index contributed by atoms with van der Waals surface area (Å²) in [4.78, 5) is 0.247. The van der Waals surface area contributed by atoms with Crippen LogP contribution in [0.5, 0.6) is 0 Å². The van der Waals surface area contributed by atoms with Crippen molar-refractivity contribution in [3.05, 3.63) is 48.4 Å². The van der Waals surface area contributed by atoms with Gasteiger partial charge in [-0.2, -0.15) is 0 Å². The highest BCUT2D eigenvalue weighted by molar-refractivity contribution is 7.89. The van der Waals surface area contributed by atoms with E-state index in [0.717, 1.165) is 5.76 Å². The SMILES string of the molecule is CNc1ccccc1S(=O)(=O)NCCc1ccco1. The van der Waals surface area contributed by atoms with Gasteiger partial charge in [-0.15, -0.1) is 0 Å². The first-order valence-corrected chi connectivity index (χ1v) is 7.40. The highest BCUT2D eigenvalue weighted by atomic mass is 32.2. The molecular weight excluding hydrogens is 264 g/mol. The number of para-hydroxylation sites is 1. The lowest BCUT2D eigenvalue weighted by Gasteiger charge is -2.10. The summed E-state index contributed by atoms with van der Waals surface area (Å²) >= 11 is 0. The van der Waals surface area contributed by atoms with Gasteiger partial charge >= 0.3 is 0 Å². The van der Waals surface area contributed by atoms with Crippen LogP contribution in [0.25, 0.3) is 0 Å². The molecule has 5 nitrogen and oxygen atoms in total. The maximum absolute atomic E-state index is 12.2. The molecule has 0 atom stereocenters. The summed E-state index contributed by atoms with van der Waals surface area (Å²) in [5, 5.41) is 2.87. The third-order valence-electron chi connectivity index (χ3n) is 2.69. The van der Waals surface area contributed by atoms with Crippen molar-refractivity contribution in [3.8, 4) is 0 Å². The normalized spacial score (nSPS) is 11.4. The van der Waals surface area contributed by atoms with Gasteiger partial charge in [0.15, 0.2) is 0 Å². The molecule has 0 bridgehead atoms. The van der Waals surface area contributed by atoms with Crippen molar-refractivity contribution in [2.75, 3.05) is 18.9 Å². The van der Waals surface area contributed by atoms with E-state index >= 15 is 0 Å². The van der Waals surface area contributed by atoms with E-state index in [-0.39, 0.29) is 4.90 Å². The molecule has 0 amide bonds. The van der Waals surface area contributed by atoms with Crippen LogP contribution < -0.4 is 10.0 Å². The van der Waals surface area contributed by atoms with E-state index < -0.39 is 10.0 Å². The first kappa shape index (κ1) is 13.6. The molecule has 0 unspecified atom stereocenters. The topological polar surface area (TPSA) is 71.3 Å². The lowest BCUT2D eigenvalue weighted by Crippen LogP contribution is -2.26. The summed E-state index contributed by atoms with van der Waals surface area (Å²) in [6.07, 6.45) is 2.09. The van der Waals surface area contributed by atoms with Gasteiger partial charge in [0.05, 0.1) is 12.0 Å². The van der Waals surface area contributed by atoms with Crippen LogP contribution in [-0.2, 0) is 16.4 Å². The molecular formula is C13H16N2O3S. The minimum atomic E-state index is -3.51. The van der Waals surface area contributed by atoms with Crippen LogP contribution in [0.4, 0.5) is 5.69 Å². The van der Waals surface area contributed by atoms with E-state index in [2.05, 4.69) is 10.0 Å². The Morgan fingerprint density at radius 2 is 1.95 bits per heavy atom. The van der Waals surface area contributed by atoms with E-state index in [9.17, 15) is 8.42 Å². The third kappa shape index (κ3) is 3.36. The molecule has 2 N–H and O–H groups in total. The molecule has 0 aliphatic carbocycles. The van der Waals surface area contributed by atoms with Crippen molar-refractivity contribution in [2.45, 2.75) is 11.3 Å². The number of anilines is 1. The number of hydrogen-bond donors (Lipinski definition) is 2. The van der Waals surface area contributed by atoms with E-state index in [0.29, 0.717) is 18.7 Å². The van der Waals surface area contributed by atoms with E-state index in [4.69, 9.17) is 4.42 Å². The summed E-state index contributed by atoms with van der Waals surface area (Å²) < 4.78 is 32.0. The molecule has 0 saturated carbocycles. The van der Waals surface area contributed by atoms with Gasteiger partial charge in [-0.25, -0.2) is 13.1 Å². The first-order chi connectivity index (χ1) is 9.13. The van der Waals surface area contributed by atoms with Crippen LogP contribution in [0.2, 0.25) is 0 Å². The lowest BCUT2D eigenvalue weighted by molar-refractivity contribution is 0.506. The van der Waals surface area contributed by atoms with Gasteiger partial charge in [-0.1, -0.05) is 12.1 Å². The Labute approximate surface area is 112 Å². The molecule has 2 rings (SSSR count). The van der Waals surface area contributed by atoms with Crippen LogP contribution in [0, 0.1) is 0 Å². The molecule has 2 aromatic rings. The van der Waals surface area contributed by atoms with Crippen molar-refractivity contribution >= 4 is 15.7 Å². The van der Waals surface area contributed by atoms with Gasteiger partial charge in [0.25, 0.3) is 0 Å². The highest BCUT2D eigenvalue weighted by Crippen LogP contribution is 2.19. The minimum absolute atomic E-state index is 0.247. The fourth-order valence-electron chi connectivity index (χ4n) is 1.75. The van der Waals surface area contributed by atoms with Gasteiger partial charge in [0.1, 0.15) is 10.7 Å². The Balaban J connectivity index is 2.05. The van der Waals surface area contributed by atoms with Crippen molar-refractivity contribution in [2.24, 2.45) is 0 Å². The predicted molar refractivity (Wildman–Crippen MR) is 73.6 cm³/mol. The highest BCUT2D eigenvalue weighted by Gasteiger charge is 2.16. The second-order valence-electron chi connectivity index (χ2n) is 3.97. The average Bonchev–Trinajstić information content (AvgIpc) is 2.91. The first-order valence-electron chi connectivity index (χ1n) is 5.92. The third-order valence-corrected chi connectivity index (χ3v) is 4.21. The number of hydrogen-bond acceptors (Lipinski definition) is 4. The van der Waals surface area contributed by atoms with Crippen LogP contribution in [0.15, 0.2) is 52.0 Å². The Bertz CT molecular complexity index is 621. The van der Waals surface area contributed by atoms with Crippen LogP contribution in [0.3, 0.4) is 0 Å². The summed E-state index contributed by atoms with van der Waals surface area (Å²) in [6.45, 7) is 0.299. The van der Waals surface area contributed by atoms with Crippen molar-refractivity contribution in [1.29, 1.82) is 0 Å². The molecule has 0 aliphatic rings. The molecule has 0 radical (unpaired) electrons. The number of sulfonamides is 1. The molecule has 1 aromatic carbocycles. The van der Waals surface area contributed by atoms with Gasteiger partial charge in [0.2, 0.25) is 10.0 Å². The molecule has 0 saturated heterocycles. The predicted octanol–water partition coefficient (Wildman–Crippen LogP) is 1.84. The maximum atomic E-state index is 12.2. The summed E-state index contributed by atoms with van der Waals surface area (Å²) in [6, 6.07) is 10.4. The molecule has 1 heterocycles. The van der Waals surface area contributed by atoms with Gasteiger partial charge in [0, 0.05) is 20.0 Å². The summed E-state index contributed by atoms with van der Waals surface area (Å²) in [7, 11) is -1.82. The fourth-order valence-corrected chi connectivity index (χ4v) is 2.99. The molecule has 6 heteroatoms. The van der Waals surface area contributed by atoms with Crippen LogP contribution in [-0.4, -0.2) is 22.0 Å². The smallest absolute Gasteiger partial charge is 0.242 e. The summed E-state index contributed by atoms with van der Waals surface area (Å²) in [5.74, 6) is 0.754. The van der Waals surface area contributed by atoms with E-state index in [1.54, 1.807) is 43.6 Å². The second kappa shape index (κ2) is 5.90. The monoisotopic (exact) mass is 280 g/mol. The quantitative estimate of drug-likeness (QED) is 0.847. The Hall–Kier alpha value is -1.79. The van der Waals surface area contributed by atoms with Crippen molar-refractivity contribution in [1.82, 2.24) is 4.72 Å². The Kier molecular flexibility index (Phi) is 4.24. The largest absolute Gasteiger partial charge is 0.469 e. The zero-order chi connectivity index (χ0) is 13.7. The lowest BCUT2D eigenvalue weighted by atomic mass is 10.3. The second-order valence-corrected chi connectivity index (χ2v) is 5.71. The summed E-state index contributed by atoms with van der Waals surface area (Å²) in [5.41, 5.74) is 0.577. The van der Waals surface area contributed by atoms with Gasteiger partial charge < -0.3 is 9.73 Å². The number of nitrogens with one attached hydrogen (secondary N) is 2. The van der Waals surface area contributed by atoms with Gasteiger partial charge in [-0.3, -0.25) is 0 Å². The fraction of sp³-hybridized carbons (Fsp3) is 0.231. The van der Waals surface area contributed by atoms with E-state index in [1.807, 2.05) is 6.07 Å². The van der Waals surface area contributed by atoms with Crippen molar-refractivity contribution in [3.63, 3.8) is 0 Å². The molecule has 19 heavy (non-hydrogen) atoms. The number of rotatable bonds is 6. The standard InChI is InChI=1S/C13H16N2O3S/c1-14-12-6-2-3-7-13(12)19(16,17)15-9-8-11-5-4-10-18-11/h2-7,10,14-15H,8-9H2,1H3. The van der Waals surface area contributed by atoms with Crippen LogP contribution in [0.1, 0.15) is 5.76 Å². The maximum Gasteiger partial charge on any atom is 0.242 e. The molecule has 1 aromatic heterocycles. The zero-order valence-electron chi connectivity index (χ0n) is 10.6.